The molecule has 1 atom stereocenters. The fourth-order valence-electron chi connectivity index (χ4n) is 3.45. The van der Waals surface area contributed by atoms with Crippen LogP contribution in [0.1, 0.15) is 16.0 Å². The summed E-state index contributed by atoms with van der Waals surface area (Å²) in [6.45, 7) is 0.0923. The summed E-state index contributed by atoms with van der Waals surface area (Å²) in [5, 5.41) is 9.11. The number of aromatic nitrogens is 1. The van der Waals surface area contributed by atoms with E-state index in [1.165, 1.54) is 15.6 Å². The first-order chi connectivity index (χ1) is 14.0. The normalized spacial score (nSPS) is 16.9. The Morgan fingerprint density at radius 3 is 2.62 bits per heavy atom. The molecule has 1 aliphatic heterocycles. The van der Waals surface area contributed by atoms with E-state index in [1.807, 2.05) is 48.5 Å². The third-order valence-corrected chi connectivity index (χ3v) is 7.94. The molecule has 0 saturated carbocycles. The average molecular weight is 430 g/mol. The van der Waals surface area contributed by atoms with Gasteiger partial charge >= 0.3 is 0 Å². The van der Waals surface area contributed by atoms with Gasteiger partial charge in [-0.15, -0.1) is 11.3 Å². The Balaban J connectivity index is 1.62. The minimum atomic E-state index is -3.80. The fourth-order valence-corrected chi connectivity index (χ4v) is 6.43. The van der Waals surface area contributed by atoms with E-state index in [2.05, 4.69) is 4.98 Å². The Morgan fingerprint density at radius 1 is 1.14 bits per heavy atom. The molecule has 150 valence electrons. The number of thiophene rings is 1. The predicted molar refractivity (Wildman–Crippen MR) is 110 cm³/mol. The zero-order valence-electron chi connectivity index (χ0n) is 15.4. The van der Waals surface area contributed by atoms with E-state index < -0.39 is 22.0 Å². The number of sulfonamides is 1. The monoisotopic (exact) mass is 429 g/mol. The van der Waals surface area contributed by atoms with Crippen molar-refractivity contribution in [2.24, 2.45) is 0 Å². The molecular formula is C20H19N3O4S2. The lowest BCUT2D eigenvalue weighted by molar-refractivity contribution is -0.133. The lowest BCUT2D eigenvalue weighted by Crippen LogP contribution is -2.52. The second-order valence-electron chi connectivity index (χ2n) is 6.75. The molecule has 0 bridgehead atoms. The summed E-state index contributed by atoms with van der Waals surface area (Å²) in [6.07, 6.45) is 1.90. The van der Waals surface area contributed by atoms with E-state index in [9.17, 15) is 13.2 Å². The minimum Gasteiger partial charge on any atom is -0.289 e. The molecule has 3 aromatic rings. The van der Waals surface area contributed by atoms with Gasteiger partial charge in [0, 0.05) is 17.6 Å². The van der Waals surface area contributed by atoms with Crippen molar-refractivity contribution in [3.63, 3.8) is 0 Å². The predicted octanol–water partition coefficient (Wildman–Crippen LogP) is 2.57. The topological polar surface area (TPSA) is 99.6 Å². The number of nitrogens with one attached hydrogen (secondary N) is 1. The van der Waals surface area contributed by atoms with Crippen LogP contribution in [0.5, 0.6) is 0 Å². The Hall–Kier alpha value is -2.59. The summed E-state index contributed by atoms with van der Waals surface area (Å²) < 4.78 is 27.6. The van der Waals surface area contributed by atoms with E-state index in [-0.39, 0.29) is 18.7 Å². The molecule has 0 radical (unpaired) electrons. The van der Waals surface area contributed by atoms with Gasteiger partial charge in [-0.2, -0.15) is 4.31 Å². The van der Waals surface area contributed by atoms with E-state index >= 15 is 0 Å². The molecule has 4 rings (SSSR count). The lowest BCUT2D eigenvalue weighted by Gasteiger charge is -2.34. The van der Waals surface area contributed by atoms with Crippen molar-refractivity contribution in [3.8, 4) is 10.6 Å². The molecule has 1 amide bonds. The smallest absolute Gasteiger partial charge is 0.262 e. The van der Waals surface area contributed by atoms with Crippen molar-refractivity contribution in [2.45, 2.75) is 24.8 Å². The number of benzene rings is 1. The lowest BCUT2D eigenvalue weighted by atomic mass is 9.95. The van der Waals surface area contributed by atoms with Crippen molar-refractivity contribution < 1.29 is 18.4 Å². The van der Waals surface area contributed by atoms with Crippen LogP contribution in [0.2, 0.25) is 0 Å². The van der Waals surface area contributed by atoms with Crippen LogP contribution in [0.3, 0.4) is 0 Å². The molecule has 0 saturated heterocycles. The number of amides is 1. The standard InChI is InChI=1S/C20H19N3O4S2/c24-20(22-25)18-11-14-5-1-2-6-15(14)12-23(18)29(26,27)13-16-8-9-19(28-16)17-7-3-4-10-21-17/h1-10,18,25H,11-13H2,(H,22,24)/t18-/m1/s1. The van der Waals surface area contributed by atoms with E-state index in [0.29, 0.717) is 4.88 Å². The quantitative estimate of drug-likeness (QED) is 0.480. The van der Waals surface area contributed by atoms with Crippen molar-refractivity contribution in [1.82, 2.24) is 14.8 Å². The van der Waals surface area contributed by atoms with Crippen molar-refractivity contribution >= 4 is 27.3 Å². The number of carbonyl (C=O) groups excluding carboxylic acids is 1. The largest absolute Gasteiger partial charge is 0.289 e. The number of nitrogens with zero attached hydrogens (tertiary/aromatic N) is 2. The highest BCUT2D eigenvalue weighted by Gasteiger charge is 2.38. The molecule has 2 N–H and O–H groups in total. The average Bonchev–Trinajstić information content (AvgIpc) is 3.20. The third-order valence-electron chi connectivity index (χ3n) is 4.88. The SMILES string of the molecule is O=C(NO)[C@H]1Cc2ccccc2CN1S(=O)(=O)Cc1ccc(-c2ccccn2)s1. The molecule has 3 heterocycles. The van der Waals surface area contributed by atoms with Gasteiger partial charge in [0.15, 0.2) is 0 Å². The molecule has 0 fully saturated rings. The molecule has 0 aliphatic carbocycles. The maximum Gasteiger partial charge on any atom is 0.262 e. The zero-order chi connectivity index (χ0) is 20.4. The summed E-state index contributed by atoms with van der Waals surface area (Å²) in [6, 6.07) is 15.6. The summed E-state index contributed by atoms with van der Waals surface area (Å²) >= 11 is 1.36. The van der Waals surface area contributed by atoms with Gasteiger partial charge in [0.1, 0.15) is 6.04 Å². The molecular weight excluding hydrogens is 410 g/mol. The van der Waals surface area contributed by atoms with Crippen molar-refractivity contribution in [3.05, 3.63) is 76.8 Å². The molecule has 0 spiro atoms. The Labute approximate surface area is 172 Å². The van der Waals surface area contributed by atoms with E-state index in [4.69, 9.17) is 5.21 Å². The van der Waals surface area contributed by atoms with Crippen LogP contribution in [-0.2, 0) is 33.5 Å². The van der Waals surface area contributed by atoms with E-state index in [0.717, 1.165) is 21.7 Å². The molecule has 9 heteroatoms. The van der Waals surface area contributed by atoms with Gasteiger partial charge in [-0.05, 0) is 41.8 Å². The van der Waals surface area contributed by atoms with Crippen LogP contribution in [-0.4, -0.2) is 34.9 Å². The van der Waals surface area contributed by atoms with Gasteiger partial charge in [0.05, 0.1) is 16.3 Å². The maximum absolute atomic E-state index is 13.2. The Morgan fingerprint density at radius 2 is 1.90 bits per heavy atom. The van der Waals surface area contributed by atoms with Crippen LogP contribution >= 0.6 is 11.3 Å². The van der Waals surface area contributed by atoms with Crippen LogP contribution in [0.15, 0.2) is 60.8 Å². The molecule has 2 aromatic heterocycles. The second-order valence-corrected chi connectivity index (χ2v) is 9.84. The summed E-state index contributed by atoms with van der Waals surface area (Å²) in [4.78, 5) is 18.0. The van der Waals surface area contributed by atoms with Gasteiger partial charge in [0.2, 0.25) is 10.0 Å². The van der Waals surface area contributed by atoms with Crippen LogP contribution < -0.4 is 5.48 Å². The van der Waals surface area contributed by atoms with E-state index in [1.54, 1.807) is 17.7 Å². The van der Waals surface area contributed by atoms with Gasteiger partial charge in [-0.3, -0.25) is 15.0 Å². The number of hydrogen-bond donors (Lipinski definition) is 2. The van der Waals surface area contributed by atoms with Gasteiger partial charge < -0.3 is 0 Å². The van der Waals surface area contributed by atoms with Crippen LogP contribution in [0, 0.1) is 0 Å². The van der Waals surface area contributed by atoms with Crippen molar-refractivity contribution in [1.29, 1.82) is 0 Å². The van der Waals surface area contributed by atoms with Gasteiger partial charge in [0.25, 0.3) is 5.91 Å². The Kier molecular flexibility index (Phi) is 5.46. The number of hydrogen-bond acceptors (Lipinski definition) is 6. The molecule has 1 aliphatic rings. The first-order valence-electron chi connectivity index (χ1n) is 8.98. The highest BCUT2D eigenvalue weighted by molar-refractivity contribution is 7.88. The number of fused-ring (bicyclic) bond motifs is 1. The summed E-state index contributed by atoms with van der Waals surface area (Å²) in [7, 11) is -3.80. The third kappa shape index (κ3) is 4.08. The zero-order valence-corrected chi connectivity index (χ0v) is 17.0. The number of carbonyl (C=O) groups is 1. The molecule has 7 nitrogen and oxygen atoms in total. The molecule has 1 aromatic carbocycles. The van der Waals surface area contributed by atoms with Crippen LogP contribution in [0.25, 0.3) is 10.6 Å². The molecule has 0 unspecified atom stereocenters. The Bertz CT molecular complexity index is 1130. The minimum absolute atomic E-state index is 0.0923. The summed E-state index contributed by atoms with van der Waals surface area (Å²) in [5.41, 5.74) is 4.15. The highest BCUT2D eigenvalue weighted by atomic mass is 32.2. The van der Waals surface area contributed by atoms with Gasteiger partial charge in [-0.25, -0.2) is 13.9 Å². The van der Waals surface area contributed by atoms with Crippen molar-refractivity contribution in [2.75, 3.05) is 0 Å². The molecule has 29 heavy (non-hydrogen) atoms. The highest BCUT2D eigenvalue weighted by Crippen LogP contribution is 2.31. The van der Waals surface area contributed by atoms with Crippen LogP contribution in [0.4, 0.5) is 0 Å². The second kappa shape index (κ2) is 8.03. The van der Waals surface area contributed by atoms with Gasteiger partial charge in [-0.1, -0.05) is 30.3 Å². The first kappa shape index (κ1) is 19.7. The first-order valence-corrected chi connectivity index (χ1v) is 11.4. The number of rotatable bonds is 5. The number of hydroxylamine groups is 1. The maximum atomic E-state index is 13.2. The summed E-state index contributed by atoms with van der Waals surface area (Å²) in [5.74, 6) is -0.953. The number of pyridine rings is 1. The fraction of sp³-hybridized carbons (Fsp3) is 0.200.